The van der Waals surface area contributed by atoms with Crippen LogP contribution >= 0.6 is 11.6 Å². The molecule has 2 aromatic heterocycles. The molecule has 1 N–H and O–H groups in total. The molecule has 2 heterocycles. The molecule has 0 spiro atoms. The predicted octanol–water partition coefficient (Wildman–Crippen LogP) is 3.91. The average Bonchev–Trinajstić information content (AvgIpc) is 3.08. The third-order valence-electron chi connectivity index (χ3n) is 4.24. The van der Waals surface area contributed by atoms with Crippen molar-refractivity contribution in [1.29, 1.82) is 0 Å². The summed E-state index contributed by atoms with van der Waals surface area (Å²) in [6.07, 6.45) is 0. The number of fused-ring (bicyclic) bond motifs is 1. The van der Waals surface area contributed by atoms with Gasteiger partial charge in [0.25, 0.3) is 11.6 Å². The normalized spacial score (nSPS) is 10.8. The molecule has 2 aromatic carbocycles. The Hall–Kier alpha value is -3.85. The molecule has 0 bridgehead atoms. The second-order valence-electron chi connectivity index (χ2n) is 6.19. The first kappa shape index (κ1) is 18.5. The molecule has 0 aliphatic carbocycles. The number of aryl methyl sites for hydroxylation is 1. The third kappa shape index (κ3) is 3.63. The van der Waals surface area contributed by atoms with Crippen LogP contribution in [0.4, 0.5) is 11.4 Å². The van der Waals surface area contributed by atoms with Gasteiger partial charge < -0.3 is 5.32 Å². The molecule has 0 atom stereocenters. The average molecular weight is 409 g/mol. The standard InChI is InChI=1S/C19H13ClN6O3/c1-11-22-23-18-8-7-17(24-25(11)18)12-3-2-4-13(9-12)21-19(27)15-10-14(26(28)29)5-6-16(15)20/h2-10H,1H3,(H,21,27). The minimum absolute atomic E-state index is 0.0194. The number of carbonyl (C=O) groups excluding carboxylic acids is 1. The molecule has 0 aliphatic rings. The van der Waals surface area contributed by atoms with Crippen LogP contribution in [-0.2, 0) is 0 Å². The number of nitrogens with zero attached hydrogens (tertiary/aromatic N) is 5. The van der Waals surface area contributed by atoms with Crippen molar-refractivity contribution >= 4 is 34.5 Å². The summed E-state index contributed by atoms with van der Waals surface area (Å²) in [4.78, 5) is 23.0. The fourth-order valence-corrected chi connectivity index (χ4v) is 3.01. The van der Waals surface area contributed by atoms with Gasteiger partial charge in [-0.3, -0.25) is 14.9 Å². The van der Waals surface area contributed by atoms with Gasteiger partial charge in [0.15, 0.2) is 11.5 Å². The highest BCUT2D eigenvalue weighted by molar-refractivity contribution is 6.34. The highest BCUT2D eigenvalue weighted by atomic mass is 35.5. The van der Waals surface area contributed by atoms with E-state index >= 15 is 0 Å². The Morgan fingerprint density at radius 3 is 2.76 bits per heavy atom. The van der Waals surface area contributed by atoms with Crippen LogP contribution < -0.4 is 5.32 Å². The molecule has 1 amide bonds. The molecular weight excluding hydrogens is 396 g/mol. The van der Waals surface area contributed by atoms with Gasteiger partial charge in [0.05, 0.1) is 21.2 Å². The maximum atomic E-state index is 12.6. The molecule has 0 radical (unpaired) electrons. The summed E-state index contributed by atoms with van der Waals surface area (Å²) in [6, 6.07) is 14.4. The van der Waals surface area contributed by atoms with E-state index in [0.717, 1.165) is 11.6 Å². The molecule has 9 nitrogen and oxygen atoms in total. The number of hydrogen-bond acceptors (Lipinski definition) is 6. The minimum atomic E-state index is -0.581. The van der Waals surface area contributed by atoms with Crippen molar-refractivity contribution < 1.29 is 9.72 Å². The Morgan fingerprint density at radius 2 is 1.97 bits per heavy atom. The Labute approximate surface area is 169 Å². The third-order valence-corrected chi connectivity index (χ3v) is 4.57. The number of amides is 1. The number of nitro groups is 1. The second-order valence-corrected chi connectivity index (χ2v) is 6.60. The predicted molar refractivity (Wildman–Crippen MR) is 107 cm³/mol. The molecule has 0 unspecified atom stereocenters. The van der Waals surface area contributed by atoms with E-state index in [2.05, 4.69) is 20.6 Å². The van der Waals surface area contributed by atoms with Crippen LogP contribution in [-0.4, -0.2) is 30.6 Å². The lowest BCUT2D eigenvalue weighted by Crippen LogP contribution is -2.13. The van der Waals surface area contributed by atoms with Crippen LogP contribution in [0, 0.1) is 17.0 Å². The smallest absolute Gasteiger partial charge is 0.270 e. The summed E-state index contributed by atoms with van der Waals surface area (Å²) in [6.45, 7) is 1.80. The van der Waals surface area contributed by atoms with Gasteiger partial charge in [-0.1, -0.05) is 23.7 Å². The van der Waals surface area contributed by atoms with E-state index in [1.165, 1.54) is 12.1 Å². The van der Waals surface area contributed by atoms with Crippen molar-refractivity contribution in [2.75, 3.05) is 5.32 Å². The van der Waals surface area contributed by atoms with Crippen molar-refractivity contribution in [2.24, 2.45) is 0 Å². The van der Waals surface area contributed by atoms with E-state index < -0.39 is 10.8 Å². The van der Waals surface area contributed by atoms with Crippen molar-refractivity contribution in [3.8, 4) is 11.3 Å². The highest BCUT2D eigenvalue weighted by Crippen LogP contribution is 2.25. The van der Waals surface area contributed by atoms with Gasteiger partial charge in [-0.15, -0.1) is 10.2 Å². The van der Waals surface area contributed by atoms with E-state index in [4.69, 9.17) is 11.6 Å². The van der Waals surface area contributed by atoms with Crippen LogP contribution in [0.3, 0.4) is 0 Å². The number of non-ortho nitro benzene ring substituents is 1. The number of anilines is 1. The summed E-state index contributed by atoms with van der Waals surface area (Å²) in [5.41, 5.74) is 2.38. The van der Waals surface area contributed by atoms with E-state index in [-0.39, 0.29) is 16.3 Å². The van der Waals surface area contributed by atoms with Gasteiger partial charge in [0.1, 0.15) is 0 Å². The van der Waals surface area contributed by atoms with Crippen molar-refractivity contribution in [3.63, 3.8) is 0 Å². The maximum Gasteiger partial charge on any atom is 0.270 e. The summed E-state index contributed by atoms with van der Waals surface area (Å²) in [5.74, 6) is 0.112. The molecule has 0 saturated heterocycles. The van der Waals surface area contributed by atoms with Crippen molar-refractivity contribution in [2.45, 2.75) is 6.92 Å². The lowest BCUT2D eigenvalue weighted by atomic mass is 10.1. The first-order chi connectivity index (χ1) is 13.9. The first-order valence-corrected chi connectivity index (χ1v) is 8.85. The first-order valence-electron chi connectivity index (χ1n) is 8.47. The van der Waals surface area contributed by atoms with Crippen LogP contribution in [0.25, 0.3) is 16.9 Å². The number of nitrogens with one attached hydrogen (secondary N) is 1. The quantitative estimate of drug-likeness (QED) is 0.404. The lowest BCUT2D eigenvalue weighted by molar-refractivity contribution is -0.384. The van der Waals surface area contributed by atoms with Crippen LogP contribution in [0.5, 0.6) is 0 Å². The van der Waals surface area contributed by atoms with Gasteiger partial charge in [-0.2, -0.15) is 9.61 Å². The Morgan fingerprint density at radius 1 is 1.14 bits per heavy atom. The zero-order valence-corrected chi connectivity index (χ0v) is 15.8. The topological polar surface area (TPSA) is 115 Å². The summed E-state index contributed by atoms with van der Waals surface area (Å²) in [7, 11) is 0. The number of halogens is 1. The maximum absolute atomic E-state index is 12.6. The lowest BCUT2D eigenvalue weighted by Gasteiger charge is -2.09. The Kier molecular flexibility index (Phi) is 4.65. The SMILES string of the molecule is Cc1nnc2ccc(-c3cccc(NC(=O)c4cc([N+](=O)[O-])ccc4Cl)c3)nn12. The summed E-state index contributed by atoms with van der Waals surface area (Å²) < 4.78 is 1.63. The monoisotopic (exact) mass is 408 g/mol. The second kappa shape index (κ2) is 7.28. The van der Waals surface area contributed by atoms with Gasteiger partial charge in [-0.05, 0) is 37.3 Å². The number of carbonyl (C=O) groups is 1. The molecule has 10 heteroatoms. The van der Waals surface area contributed by atoms with Crippen LogP contribution in [0.15, 0.2) is 54.6 Å². The highest BCUT2D eigenvalue weighted by Gasteiger charge is 2.16. The molecule has 0 fully saturated rings. The molecule has 29 heavy (non-hydrogen) atoms. The largest absolute Gasteiger partial charge is 0.322 e. The number of rotatable bonds is 4. The van der Waals surface area contributed by atoms with E-state index in [0.29, 0.717) is 22.9 Å². The molecule has 4 rings (SSSR count). The van der Waals surface area contributed by atoms with Crippen LogP contribution in [0.2, 0.25) is 5.02 Å². The van der Waals surface area contributed by atoms with Gasteiger partial charge in [-0.25, -0.2) is 0 Å². The zero-order chi connectivity index (χ0) is 20.5. The molecule has 0 aliphatic heterocycles. The van der Waals surface area contributed by atoms with Crippen LogP contribution in [0.1, 0.15) is 16.2 Å². The fourth-order valence-electron chi connectivity index (χ4n) is 2.81. The number of benzene rings is 2. The van der Waals surface area contributed by atoms with E-state index in [1.807, 2.05) is 12.1 Å². The summed E-state index contributed by atoms with van der Waals surface area (Å²) >= 11 is 6.04. The zero-order valence-electron chi connectivity index (χ0n) is 15.0. The number of nitro benzene ring substituents is 1. The number of aromatic nitrogens is 4. The van der Waals surface area contributed by atoms with Gasteiger partial charge in [0.2, 0.25) is 0 Å². The minimum Gasteiger partial charge on any atom is -0.322 e. The Balaban J connectivity index is 1.63. The van der Waals surface area contributed by atoms with Gasteiger partial charge >= 0.3 is 0 Å². The van der Waals surface area contributed by atoms with Crippen molar-refractivity contribution in [3.05, 3.63) is 81.1 Å². The number of hydrogen-bond donors (Lipinski definition) is 1. The molecule has 0 saturated carbocycles. The molecule has 4 aromatic rings. The Bertz CT molecular complexity index is 1270. The van der Waals surface area contributed by atoms with E-state index in [9.17, 15) is 14.9 Å². The molecule has 144 valence electrons. The molecular formula is C19H13ClN6O3. The van der Waals surface area contributed by atoms with Gasteiger partial charge in [0, 0.05) is 23.4 Å². The van der Waals surface area contributed by atoms with Crippen molar-refractivity contribution in [1.82, 2.24) is 19.8 Å². The van der Waals surface area contributed by atoms with E-state index in [1.54, 1.807) is 35.7 Å². The summed E-state index contributed by atoms with van der Waals surface area (Å²) in [5, 5.41) is 26.3. The fraction of sp³-hybridized carbons (Fsp3) is 0.0526.